The van der Waals surface area contributed by atoms with Gasteiger partial charge in [-0.15, -0.1) is 0 Å². The van der Waals surface area contributed by atoms with Crippen LogP contribution in [0, 0.1) is 0 Å². The Kier molecular flexibility index (Phi) is 3.40. The number of hydrogen-bond donors (Lipinski definition) is 1. The molecule has 0 atom stereocenters. The van der Waals surface area contributed by atoms with Gasteiger partial charge in [0, 0.05) is 13.1 Å². The van der Waals surface area contributed by atoms with Crippen LogP contribution >= 0.6 is 11.6 Å². The molecule has 94 valence electrons. The second kappa shape index (κ2) is 4.66. The topological polar surface area (TPSA) is 58.5 Å². The summed E-state index contributed by atoms with van der Waals surface area (Å²) in [6, 6.07) is 0. The molecule has 0 aromatic carbocycles. The number of methoxy groups -OCH3 is 1. The van der Waals surface area contributed by atoms with Crippen LogP contribution in [-0.4, -0.2) is 40.9 Å². The summed E-state index contributed by atoms with van der Waals surface area (Å²) < 4.78 is 5.22. The lowest BCUT2D eigenvalue weighted by molar-refractivity contribution is 0.0349. The zero-order valence-corrected chi connectivity index (χ0v) is 10.7. The predicted octanol–water partition coefficient (Wildman–Crippen LogP) is 1.49. The van der Waals surface area contributed by atoms with Crippen LogP contribution in [0.25, 0.3) is 0 Å². The Morgan fingerprint density at radius 3 is 2.65 bits per heavy atom. The van der Waals surface area contributed by atoms with Crippen molar-refractivity contribution in [1.82, 2.24) is 9.97 Å². The van der Waals surface area contributed by atoms with Gasteiger partial charge in [0.15, 0.2) is 16.7 Å². The van der Waals surface area contributed by atoms with Crippen LogP contribution < -0.4 is 9.64 Å². The molecule has 0 aliphatic carbocycles. The number of hydrogen-bond acceptors (Lipinski definition) is 5. The van der Waals surface area contributed by atoms with E-state index in [1.807, 2.05) is 6.92 Å². The van der Waals surface area contributed by atoms with E-state index in [-0.39, 0.29) is 0 Å². The molecule has 1 aliphatic heterocycles. The number of nitrogens with zero attached hydrogens (tertiary/aromatic N) is 3. The highest BCUT2D eigenvalue weighted by molar-refractivity contribution is 6.31. The van der Waals surface area contributed by atoms with E-state index in [0.717, 1.165) is 13.1 Å². The van der Waals surface area contributed by atoms with Gasteiger partial charge in [-0.1, -0.05) is 11.6 Å². The lowest BCUT2D eigenvalue weighted by Gasteiger charge is -2.36. The molecule has 6 heteroatoms. The van der Waals surface area contributed by atoms with Gasteiger partial charge in [0.1, 0.15) is 6.33 Å². The molecule has 0 amide bonds. The number of halogens is 1. The molecule has 0 unspecified atom stereocenters. The van der Waals surface area contributed by atoms with Gasteiger partial charge in [0.05, 0.1) is 12.7 Å². The van der Waals surface area contributed by atoms with Crippen molar-refractivity contribution >= 4 is 17.4 Å². The molecule has 1 aromatic heterocycles. The highest BCUT2D eigenvalue weighted by Gasteiger charge is 2.29. The quantitative estimate of drug-likeness (QED) is 0.814. The van der Waals surface area contributed by atoms with Crippen LogP contribution in [0.3, 0.4) is 0 Å². The van der Waals surface area contributed by atoms with E-state index in [9.17, 15) is 5.11 Å². The van der Waals surface area contributed by atoms with E-state index in [0.29, 0.717) is 29.6 Å². The van der Waals surface area contributed by atoms with Crippen molar-refractivity contribution in [3.8, 4) is 5.75 Å². The van der Waals surface area contributed by atoms with Crippen LogP contribution in [-0.2, 0) is 0 Å². The van der Waals surface area contributed by atoms with Crippen LogP contribution in [0.1, 0.15) is 19.8 Å². The molecule has 1 N–H and O–H groups in total. The zero-order valence-electron chi connectivity index (χ0n) is 9.98. The molecule has 0 bridgehead atoms. The summed E-state index contributed by atoms with van der Waals surface area (Å²) in [4.78, 5) is 10.2. The summed E-state index contributed by atoms with van der Waals surface area (Å²) in [7, 11) is 1.55. The summed E-state index contributed by atoms with van der Waals surface area (Å²) in [5, 5.41) is 10.2. The first-order valence-electron chi connectivity index (χ1n) is 5.55. The van der Waals surface area contributed by atoms with Crippen molar-refractivity contribution < 1.29 is 9.84 Å². The molecule has 0 saturated carbocycles. The van der Waals surface area contributed by atoms with Crippen molar-refractivity contribution in [3.05, 3.63) is 11.5 Å². The fourth-order valence-electron chi connectivity index (χ4n) is 1.94. The lowest BCUT2D eigenvalue weighted by atomic mass is 9.94. The average molecular weight is 258 g/mol. The molecule has 2 heterocycles. The van der Waals surface area contributed by atoms with Crippen LogP contribution in [0.5, 0.6) is 5.75 Å². The zero-order chi connectivity index (χ0) is 12.5. The maximum atomic E-state index is 9.90. The summed E-state index contributed by atoms with van der Waals surface area (Å²) in [6.45, 7) is 3.32. The minimum absolute atomic E-state index is 0.315. The van der Waals surface area contributed by atoms with Gasteiger partial charge in [-0.2, -0.15) is 0 Å². The van der Waals surface area contributed by atoms with E-state index in [2.05, 4.69) is 14.9 Å². The fraction of sp³-hybridized carbons (Fsp3) is 0.636. The molecule has 0 spiro atoms. The average Bonchev–Trinajstić information content (AvgIpc) is 2.29. The SMILES string of the molecule is COc1c(Cl)ncnc1N1CCC(C)(O)CC1. The van der Waals surface area contributed by atoms with Gasteiger partial charge in [-0.25, -0.2) is 9.97 Å². The minimum atomic E-state index is -0.583. The standard InChI is InChI=1S/C11H16ClN3O2/c1-11(16)3-5-15(6-4-11)10-8(17-2)9(12)13-7-14-10/h7,16H,3-6H2,1-2H3. The molecule has 2 rings (SSSR count). The maximum absolute atomic E-state index is 9.90. The van der Waals surface area contributed by atoms with E-state index >= 15 is 0 Å². The second-order valence-electron chi connectivity index (χ2n) is 4.51. The van der Waals surface area contributed by atoms with Crippen LogP contribution in [0.15, 0.2) is 6.33 Å². The van der Waals surface area contributed by atoms with Crippen LogP contribution in [0.2, 0.25) is 5.15 Å². The Balaban J connectivity index is 2.21. The normalized spacial score (nSPS) is 19.2. The Morgan fingerprint density at radius 2 is 2.06 bits per heavy atom. The molecule has 17 heavy (non-hydrogen) atoms. The van der Waals surface area contributed by atoms with Gasteiger partial charge in [-0.3, -0.25) is 0 Å². The molecule has 1 aliphatic rings. The molecular formula is C11H16ClN3O2. The Morgan fingerprint density at radius 1 is 1.41 bits per heavy atom. The number of piperidine rings is 1. The molecule has 0 radical (unpaired) electrons. The van der Waals surface area contributed by atoms with E-state index < -0.39 is 5.60 Å². The highest BCUT2D eigenvalue weighted by atomic mass is 35.5. The smallest absolute Gasteiger partial charge is 0.199 e. The van der Waals surface area contributed by atoms with Crippen molar-refractivity contribution in [1.29, 1.82) is 0 Å². The summed E-state index contributed by atoms with van der Waals surface area (Å²) in [5.41, 5.74) is -0.583. The number of aromatic nitrogens is 2. The van der Waals surface area contributed by atoms with Gasteiger partial charge >= 0.3 is 0 Å². The summed E-state index contributed by atoms with van der Waals surface area (Å²) >= 11 is 5.95. The van der Waals surface area contributed by atoms with Gasteiger partial charge < -0.3 is 14.7 Å². The third kappa shape index (κ3) is 2.61. The number of anilines is 1. The second-order valence-corrected chi connectivity index (χ2v) is 4.86. The molecule has 1 fully saturated rings. The number of aliphatic hydroxyl groups is 1. The Labute approximate surface area is 105 Å². The van der Waals surface area contributed by atoms with Crippen molar-refractivity contribution in [3.63, 3.8) is 0 Å². The van der Waals surface area contributed by atoms with Gasteiger partial charge in [-0.05, 0) is 19.8 Å². The molecule has 1 saturated heterocycles. The minimum Gasteiger partial charge on any atom is -0.490 e. The van der Waals surface area contributed by atoms with Crippen molar-refractivity contribution in [2.45, 2.75) is 25.4 Å². The first-order valence-corrected chi connectivity index (χ1v) is 5.93. The van der Waals surface area contributed by atoms with Crippen molar-refractivity contribution in [2.24, 2.45) is 0 Å². The lowest BCUT2D eigenvalue weighted by Crippen LogP contribution is -2.42. The summed E-state index contributed by atoms with van der Waals surface area (Å²) in [5.74, 6) is 1.19. The molecule has 1 aromatic rings. The van der Waals surface area contributed by atoms with E-state index in [1.165, 1.54) is 6.33 Å². The molecular weight excluding hydrogens is 242 g/mol. The first kappa shape index (κ1) is 12.4. The monoisotopic (exact) mass is 257 g/mol. The van der Waals surface area contributed by atoms with Crippen LogP contribution in [0.4, 0.5) is 5.82 Å². The molecule has 5 nitrogen and oxygen atoms in total. The highest BCUT2D eigenvalue weighted by Crippen LogP contribution is 2.34. The van der Waals surface area contributed by atoms with Gasteiger partial charge in [0.25, 0.3) is 0 Å². The first-order chi connectivity index (χ1) is 8.03. The predicted molar refractivity (Wildman–Crippen MR) is 65.7 cm³/mol. The van der Waals surface area contributed by atoms with Crippen molar-refractivity contribution in [2.75, 3.05) is 25.1 Å². The van der Waals surface area contributed by atoms with E-state index in [4.69, 9.17) is 16.3 Å². The summed E-state index contributed by atoms with van der Waals surface area (Å²) in [6.07, 6.45) is 2.84. The third-order valence-corrected chi connectivity index (χ3v) is 3.36. The van der Waals surface area contributed by atoms with Gasteiger partial charge in [0.2, 0.25) is 0 Å². The Bertz CT molecular complexity index is 402. The van der Waals surface area contributed by atoms with E-state index in [1.54, 1.807) is 7.11 Å². The number of rotatable bonds is 2. The number of ether oxygens (including phenoxy) is 1. The maximum Gasteiger partial charge on any atom is 0.199 e. The third-order valence-electron chi connectivity index (χ3n) is 3.09. The largest absolute Gasteiger partial charge is 0.490 e. The Hall–Kier alpha value is -1.07. The fourth-order valence-corrected chi connectivity index (χ4v) is 2.15.